The van der Waals surface area contributed by atoms with E-state index in [1.165, 1.54) is 0 Å². The van der Waals surface area contributed by atoms with E-state index in [2.05, 4.69) is 15.9 Å². The molecule has 0 radical (unpaired) electrons. The summed E-state index contributed by atoms with van der Waals surface area (Å²) in [5.74, 6) is -0.203. The molecule has 6 heteroatoms. The van der Waals surface area contributed by atoms with Gasteiger partial charge in [-0.25, -0.2) is 0 Å². The van der Waals surface area contributed by atoms with E-state index in [4.69, 9.17) is 4.42 Å². The van der Waals surface area contributed by atoms with Crippen molar-refractivity contribution in [2.24, 2.45) is 0 Å². The molecule has 3 aromatic rings. The quantitative estimate of drug-likeness (QED) is 0.661. The van der Waals surface area contributed by atoms with Crippen LogP contribution in [0.15, 0.2) is 50.1 Å². The molecule has 1 N–H and O–H groups in total. The van der Waals surface area contributed by atoms with Gasteiger partial charge in [-0.1, -0.05) is 34.1 Å². The fourth-order valence-electron chi connectivity index (χ4n) is 3.94. The van der Waals surface area contributed by atoms with Crippen molar-refractivity contribution in [1.82, 2.24) is 4.90 Å². The van der Waals surface area contributed by atoms with Crippen LogP contribution in [0.2, 0.25) is 0 Å². The maximum atomic E-state index is 13.4. The Bertz CT molecular complexity index is 1130. The SMILES string of the molecule is Cc1cc(C)c2oc3c(c(=O)c2c1)C(c1ccc(Br)cc1)N(CCCO)C3=O. The van der Waals surface area contributed by atoms with Crippen molar-refractivity contribution in [3.63, 3.8) is 0 Å². The highest BCUT2D eigenvalue weighted by atomic mass is 79.9. The Kier molecular flexibility index (Phi) is 4.85. The van der Waals surface area contributed by atoms with Gasteiger partial charge >= 0.3 is 0 Å². The second-order valence-electron chi connectivity index (χ2n) is 7.16. The van der Waals surface area contributed by atoms with E-state index in [1.54, 1.807) is 4.90 Å². The van der Waals surface area contributed by atoms with Gasteiger partial charge < -0.3 is 14.4 Å². The number of aryl methyl sites for hydroxylation is 2. The summed E-state index contributed by atoms with van der Waals surface area (Å²) < 4.78 is 6.92. The number of hydrogen-bond donors (Lipinski definition) is 1. The summed E-state index contributed by atoms with van der Waals surface area (Å²) in [4.78, 5) is 28.2. The van der Waals surface area contributed by atoms with Gasteiger partial charge in [0.05, 0.1) is 17.0 Å². The van der Waals surface area contributed by atoms with Crippen LogP contribution < -0.4 is 5.43 Å². The molecule has 0 bridgehead atoms. The number of rotatable bonds is 4. The van der Waals surface area contributed by atoms with Gasteiger partial charge in [-0.3, -0.25) is 9.59 Å². The zero-order chi connectivity index (χ0) is 20.0. The van der Waals surface area contributed by atoms with Crippen LogP contribution in [0.5, 0.6) is 0 Å². The molecule has 1 unspecified atom stereocenters. The van der Waals surface area contributed by atoms with E-state index in [0.29, 0.717) is 29.5 Å². The Hall–Kier alpha value is -2.44. The van der Waals surface area contributed by atoms with Gasteiger partial charge in [0.25, 0.3) is 5.91 Å². The van der Waals surface area contributed by atoms with Crippen LogP contribution in [0.4, 0.5) is 0 Å². The Morgan fingerprint density at radius 2 is 1.86 bits per heavy atom. The van der Waals surface area contributed by atoms with Gasteiger partial charge in [0.1, 0.15) is 5.58 Å². The van der Waals surface area contributed by atoms with Gasteiger partial charge in [0.15, 0.2) is 5.43 Å². The van der Waals surface area contributed by atoms with E-state index in [1.807, 2.05) is 50.2 Å². The minimum atomic E-state index is -0.524. The predicted molar refractivity (Wildman–Crippen MR) is 111 cm³/mol. The topological polar surface area (TPSA) is 70.8 Å². The molecule has 1 amide bonds. The molecule has 1 aliphatic rings. The predicted octanol–water partition coefficient (Wildman–Crippen LogP) is 4.10. The Balaban J connectivity index is 2.00. The minimum Gasteiger partial charge on any atom is -0.450 e. The van der Waals surface area contributed by atoms with E-state index < -0.39 is 6.04 Å². The largest absolute Gasteiger partial charge is 0.450 e. The lowest BCUT2D eigenvalue weighted by atomic mass is 9.97. The molecule has 1 atom stereocenters. The fraction of sp³-hybridized carbons (Fsp3) is 0.273. The number of nitrogens with zero attached hydrogens (tertiary/aromatic N) is 1. The summed E-state index contributed by atoms with van der Waals surface area (Å²) in [5, 5.41) is 9.77. The monoisotopic (exact) mass is 441 g/mol. The lowest BCUT2D eigenvalue weighted by Gasteiger charge is -2.24. The summed E-state index contributed by atoms with van der Waals surface area (Å²) in [7, 11) is 0. The zero-order valence-electron chi connectivity index (χ0n) is 15.7. The number of aliphatic hydroxyl groups excluding tert-OH is 1. The highest BCUT2D eigenvalue weighted by Crippen LogP contribution is 2.39. The molecule has 0 saturated carbocycles. The second-order valence-corrected chi connectivity index (χ2v) is 8.08. The van der Waals surface area contributed by atoms with Crippen molar-refractivity contribution in [2.75, 3.05) is 13.2 Å². The molecule has 1 aromatic heterocycles. The lowest BCUT2D eigenvalue weighted by Crippen LogP contribution is -2.31. The van der Waals surface area contributed by atoms with E-state index in [0.717, 1.165) is 21.2 Å². The summed E-state index contributed by atoms with van der Waals surface area (Å²) in [6, 6.07) is 10.8. The van der Waals surface area contributed by atoms with Crippen LogP contribution in [0.25, 0.3) is 11.0 Å². The number of fused-ring (bicyclic) bond motifs is 2. The average Bonchev–Trinajstić information content (AvgIpc) is 2.94. The van der Waals surface area contributed by atoms with Crippen molar-refractivity contribution in [1.29, 1.82) is 0 Å². The maximum absolute atomic E-state index is 13.4. The number of benzene rings is 2. The van der Waals surface area contributed by atoms with Crippen molar-refractivity contribution < 1.29 is 14.3 Å². The van der Waals surface area contributed by atoms with Crippen LogP contribution in [0.1, 0.15) is 45.3 Å². The molecule has 1 aliphatic heterocycles. The fourth-order valence-corrected chi connectivity index (χ4v) is 4.20. The third-order valence-electron chi connectivity index (χ3n) is 5.14. The molecule has 0 saturated heterocycles. The standard InChI is InChI=1S/C22H20BrNO4/c1-12-10-13(2)20-16(11-12)19(26)17-18(14-4-6-15(23)7-5-14)24(8-3-9-25)22(27)21(17)28-20/h4-7,10-11,18,25H,3,8-9H2,1-2H3. The van der Waals surface area contributed by atoms with Crippen molar-refractivity contribution in [3.8, 4) is 0 Å². The number of aliphatic hydroxyl groups is 1. The normalized spacial score (nSPS) is 16.1. The number of amides is 1. The van der Waals surface area contributed by atoms with Crippen LogP contribution in [0.3, 0.4) is 0 Å². The Morgan fingerprint density at radius 3 is 2.54 bits per heavy atom. The first-order valence-electron chi connectivity index (χ1n) is 9.17. The van der Waals surface area contributed by atoms with Crippen LogP contribution >= 0.6 is 15.9 Å². The third-order valence-corrected chi connectivity index (χ3v) is 5.67. The zero-order valence-corrected chi connectivity index (χ0v) is 17.2. The second kappa shape index (κ2) is 7.18. The molecular weight excluding hydrogens is 422 g/mol. The Labute approximate surface area is 170 Å². The van der Waals surface area contributed by atoms with Crippen LogP contribution in [-0.2, 0) is 0 Å². The first-order valence-corrected chi connectivity index (χ1v) is 9.97. The molecule has 144 valence electrons. The van der Waals surface area contributed by atoms with Crippen molar-refractivity contribution in [2.45, 2.75) is 26.3 Å². The summed E-state index contributed by atoms with van der Waals surface area (Å²) >= 11 is 3.42. The summed E-state index contributed by atoms with van der Waals surface area (Å²) in [6.07, 6.45) is 0.429. The van der Waals surface area contributed by atoms with E-state index in [-0.39, 0.29) is 23.7 Å². The molecule has 5 nitrogen and oxygen atoms in total. The van der Waals surface area contributed by atoms with Crippen molar-refractivity contribution >= 4 is 32.8 Å². The molecule has 2 aromatic carbocycles. The summed E-state index contributed by atoms with van der Waals surface area (Å²) in [6.45, 7) is 4.12. The number of halogens is 1. The van der Waals surface area contributed by atoms with Gasteiger partial charge in [-0.2, -0.15) is 0 Å². The van der Waals surface area contributed by atoms with E-state index >= 15 is 0 Å². The smallest absolute Gasteiger partial charge is 0.290 e. The highest BCUT2D eigenvalue weighted by Gasteiger charge is 2.42. The molecule has 4 rings (SSSR count). The first kappa shape index (κ1) is 18.9. The van der Waals surface area contributed by atoms with Crippen LogP contribution in [0, 0.1) is 13.8 Å². The Morgan fingerprint density at radius 1 is 1.14 bits per heavy atom. The van der Waals surface area contributed by atoms with Gasteiger partial charge in [0.2, 0.25) is 5.76 Å². The first-order chi connectivity index (χ1) is 13.4. The number of carbonyl (C=O) groups is 1. The van der Waals surface area contributed by atoms with E-state index in [9.17, 15) is 14.7 Å². The number of hydrogen-bond acceptors (Lipinski definition) is 4. The van der Waals surface area contributed by atoms with Crippen LogP contribution in [-0.4, -0.2) is 29.1 Å². The average molecular weight is 442 g/mol. The molecule has 0 spiro atoms. The summed E-state index contributed by atoms with van der Waals surface area (Å²) in [5.41, 5.74) is 3.31. The molecule has 2 heterocycles. The third kappa shape index (κ3) is 2.97. The molecule has 28 heavy (non-hydrogen) atoms. The maximum Gasteiger partial charge on any atom is 0.290 e. The van der Waals surface area contributed by atoms with Gasteiger partial charge in [0, 0.05) is 17.6 Å². The highest BCUT2D eigenvalue weighted by molar-refractivity contribution is 9.10. The number of carbonyl (C=O) groups excluding carboxylic acids is 1. The lowest BCUT2D eigenvalue weighted by molar-refractivity contribution is 0.0716. The minimum absolute atomic E-state index is 0.0329. The van der Waals surface area contributed by atoms with Gasteiger partial charge in [-0.05, 0) is 55.2 Å². The van der Waals surface area contributed by atoms with Gasteiger partial charge in [-0.15, -0.1) is 0 Å². The molecule has 0 aliphatic carbocycles. The van der Waals surface area contributed by atoms with Crippen molar-refractivity contribution in [3.05, 3.63) is 79.1 Å². The molecule has 0 fully saturated rings. The molecular formula is C22H20BrNO4.